The molecule has 5 heteroatoms. The Hall–Kier alpha value is -3.86. The van der Waals surface area contributed by atoms with Gasteiger partial charge >= 0.3 is 0 Å². The van der Waals surface area contributed by atoms with E-state index in [-0.39, 0.29) is 5.91 Å². The topological polar surface area (TPSA) is 63.8 Å². The van der Waals surface area contributed by atoms with Crippen LogP contribution in [0.1, 0.15) is 19.4 Å². The Labute approximate surface area is 181 Å². The molecule has 0 atom stereocenters. The van der Waals surface area contributed by atoms with Gasteiger partial charge in [0.05, 0.1) is 17.7 Å². The van der Waals surface area contributed by atoms with Crippen LogP contribution in [0.5, 0.6) is 5.75 Å². The molecule has 4 rings (SSSR count). The first-order chi connectivity index (χ1) is 15.0. The molecule has 0 unspecified atom stereocenters. The number of hydrogen-bond acceptors (Lipinski definition) is 4. The third-order valence-electron chi connectivity index (χ3n) is 4.80. The van der Waals surface area contributed by atoms with Gasteiger partial charge in [0.25, 0.3) is 0 Å². The summed E-state index contributed by atoms with van der Waals surface area (Å²) >= 11 is 0. The standard InChI is InChI=1S/C26H24N2O3/c1-4-30-22-13-14-25-23(15-22)24(16-26(31-25)19-7-5-17(2)6-8-19)28-21-11-9-20(10-12-21)27-18(3)29/h5-16H,4H2,1-3H3,(H,27,29). The first-order valence-electron chi connectivity index (χ1n) is 10.2. The highest BCUT2D eigenvalue weighted by molar-refractivity contribution is 5.88. The van der Waals surface area contributed by atoms with Crippen molar-refractivity contribution in [1.29, 1.82) is 0 Å². The number of amides is 1. The molecule has 156 valence electrons. The summed E-state index contributed by atoms with van der Waals surface area (Å²) in [7, 11) is 0. The quantitative estimate of drug-likeness (QED) is 0.437. The van der Waals surface area contributed by atoms with Gasteiger partial charge in [-0.1, -0.05) is 29.8 Å². The van der Waals surface area contributed by atoms with Gasteiger partial charge in [0, 0.05) is 29.6 Å². The van der Waals surface area contributed by atoms with Crippen LogP contribution in [0.4, 0.5) is 11.4 Å². The molecule has 0 saturated heterocycles. The second-order valence-corrected chi connectivity index (χ2v) is 7.29. The Kier molecular flexibility index (Phi) is 5.85. The van der Waals surface area contributed by atoms with E-state index in [0.717, 1.165) is 44.8 Å². The number of nitrogens with one attached hydrogen (secondary N) is 1. The number of fused-ring (bicyclic) bond motifs is 1. The second kappa shape index (κ2) is 8.88. The van der Waals surface area contributed by atoms with Crippen LogP contribution < -0.4 is 15.4 Å². The zero-order valence-corrected chi connectivity index (χ0v) is 17.8. The molecule has 0 fully saturated rings. The summed E-state index contributed by atoms with van der Waals surface area (Å²) in [6.45, 7) is 6.08. The maximum atomic E-state index is 11.3. The fourth-order valence-electron chi connectivity index (χ4n) is 3.32. The normalized spacial score (nSPS) is 11.5. The third-order valence-corrected chi connectivity index (χ3v) is 4.80. The number of nitrogens with zero attached hydrogens (tertiary/aromatic N) is 1. The molecule has 1 heterocycles. The molecule has 1 N–H and O–H groups in total. The first kappa shape index (κ1) is 20.4. The number of anilines is 1. The van der Waals surface area contributed by atoms with E-state index < -0.39 is 0 Å². The van der Waals surface area contributed by atoms with Gasteiger partial charge in [-0.05, 0) is 56.3 Å². The largest absolute Gasteiger partial charge is 0.494 e. The predicted octanol–water partition coefficient (Wildman–Crippen LogP) is 6.00. The SMILES string of the molecule is CCOc1ccc2oc(-c3ccc(C)cc3)cc(=Nc3ccc(NC(C)=O)cc3)c2c1. The molecule has 3 aromatic carbocycles. The van der Waals surface area contributed by atoms with E-state index in [1.165, 1.54) is 12.5 Å². The minimum atomic E-state index is -0.105. The van der Waals surface area contributed by atoms with Gasteiger partial charge in [-0.25, -0.2) is 4.99 Å². The summed E-state index contributed by atoms with van der Waals surface area (Å²) in [5, 5.41) is 4.42. The lowest BCUT2D eigenvalue weighted by Crippen LogP contribution is -2.05. The number of ether oxygens (including phenoxy) is 1. The smallest absolute Gasteiger partial charge is 0.221 e. The van der Waals surface area contributed by atoms with Crippen molar-refractivity contribution in [1.82, 2.24) is 0 Å². The molecule has 1 amide bonds. The van der Waals surface area contributed by atoms with Crippen LogP contribution in [0.3, 0.4) is 0 Å². The molecule has 0 aliphatic heterocycles. The van der Waals surface area contributed by atoms with Gasteiger partial charge in [0.2, 0.25) is 5.91 Å². The summed E-state index contributed by atoms with van der Waals surface area (Å²) in [4.78, 5) is 16.1. The Morgan fingerprint density at radius 3 is 2.42 bits per heavy atom. The molecule has 0 aliphatic carbocycles. The first-order valence-corrected chi connectivity index (χ1v) is 10.2. The number of rotatable bonds is 5. The van der Waals surface area contributed by atoms with Gasteiger partial charge in [-0.15, -0.1) is 0 Å². The van der Waals surface area contributed by atoms with Crippen LogP contribution >= 0.6 is 0 Å². The monoisotopic (exact) mass is 412 g/mol. The number of hydrogen-bond donors (Lipinski definition) is 1. The average Bonchev–Trinajstić information content (AvgIpc) is 2.75. The maximum absolute atomic E-state index is 11.3. The minimum Gasteiger partial charge on any atom is -0.494 e. The number of carbonyl (C=O) groups is 1. The lowest BCUT2D eigenvalue weighted by atomic mass is 10.1. The van der Waals surface area contributed by atoms with Gasteiger partial charge in [0.15, 0.2) is 0 Å². The number of carbonyl (C=O) groups excluding carboxylic acids is 1. The fourth-order valence-corrected chi connectivity index (χ4v) is 3.32. The molecular weight excluding hydrogens is 388 g/mol. The van der Waals surface area contributed by atoms with E-state index >= 15 is 0 Å². The Morgan fingerprint density at radius 2 is 1.74 bits per heavy atom. The maximum Gasteiger partial charge on any atom is 0.221 e. The average molecular weight is 412 g/mol. The molecule has 31 heavy (non-hydrogen) atoms. The van der Waals surface area contributed by atoms with Crippen LogP contribution in [-0.4, -0.2) is 12.5 Å². The lowest BCUT2D eigenvalue weighted by molar-refractivity contribution is -0.114. The molecule has 4 aromatic rings. The zero-order valence-electron chi connectivity index (χ0n) is 17.8. The molecular formula is C26H24N2O3. The van der Waals surface area contributed by atoms with E-state index in [9.17, 15) is 4.79 Å². The van der Waals surface area contributed by atoms with Crippen LogP contribution in [0.25, 0.3) is 22.3 Å². The third kappa shape index (κ3) is 4.83. The van der Waals surface area contributed by atoms with Gasteiger partial charge < -0.3 is 14.5 Å². The van der Waals surface area contributed by atoms with E-state index in [4.69, 9.17) is 14.1 Å². The van der Waals surface area contributed by atoms with Crippen molar-refractivity contribution < 1.29 is 13.9 Å². The van der Waals surface area contributed by atoms with Crippen molar-refractivity contribution in [3.63, 3.8) is 0 Å². The van der Waals surface area contributed by atoms with Gasteiger partial charge in [-0.3, -0.25) is 4.79 Å². The lowest BCUT2D eigenvalue weighted by Gasteiger charge is -2.08. The van der Waals surface area contributed by atoms with E-state index in [2.05, 4.69) is 24.4 Å². The molecule has 0 spiro atoms. The van der Waals surface area contributed by atoms with Crippen molar-refractivity contribution >= 4 is 28.3 Å². The molecule has 0 saturated carbocycles. The van der Waals surface area contributed by atoms with Gasteiger partial charge in [-0.2, -0.15) is 0 Å². The van der Waals surface area contributed by atoms with Gasteiger partial charge in [0.1, 0.15) is 17.1 Å². The zero-order chi connectivity index (χ0) is 21.8. The summed E-state index contributed by atoms with van der Waals surface area (Å²) in [5.41, 5.74) is 4.42. The Balaban J connectivity index is 1.87. The minimum absolute atomic E-state index is 0.105. The fraction of sp³-hybridized carbons (Fsp3) is 0.154. The summed E-state index contributed by atoms with van der Waals surface area (Å²) in [5.74, 6) is 1.41. The van der Waals surface area contributed by atoms with Crippen LogP contribution in [0.2, 0.25) is 0 Å². The van der Waals surface area contributed by atoms with E-state index in [0.29, 0.717) is 6.61 Å². The Bertz CT molecular complexity index is 1290. The molecule has 1 aromatic heterocycles. The van der Waals surface area contributed by atoms with Crippen LogP contribution in [0, 0.1) is 6.92 Å². The molecule has 0 aliphatic rings. The van der Waals surface area contributed by atoms with Crippen LogP contribution in [-0.2, 0) is 4.79 Å². The highest BCUT2D eigenvalue weighted by Gasteiger charge is 2.08. The van der Waals surface area contributed by atoms with Crippen molar-refractivity contribution in [3.8, 4) is 17.1 Å². The summed E-state index contributed by atoms with van der Waals surface area (Å²) in [6.07, 6.45) is 0. The predicted molar refractivity (Wildman–Crippen MR) is 124 cm³/mol. The second-order valence-electron chi connectivity index (χ2n) is 7.29. The van der Waals surface area contributed by atoms with Crippen molar-refractivity contribution in [3.05, 3.63) is 83.7 Å². The van der Waals surface area contributed by atoms with Crippen molar-refractivity contribution in [2.45, 2.75) is 20.8 Å². The Morgan fingerprint density at radius 1 is 1.00 bits per heavy atom. The number of benzene rings is 3. The van der Waals surface area contributed by atoms with Crippen molar-refractivity contribution in [2.24, 2.45) is 4.99 Å². The van der Waals surface area contributed by atoms with E-state index in [1.54, 1.807) is 0 Å². The highest BCUT2D eigenvalue weighted by atomic mass is 16.5. The van der Waals surface area contributed by atoms with Crippen LogP contribution in [0.15, 0.2) is 82.2 Å². The molecule has 0 bridgehead atoms. The summed E-state index contributed by atoms with van der Waals surface area (Å²) in [6, 6.07) is 23.3. The molecule has 0 radical (unpaired) electrons. The van der Waals surface area contributed by atoms with E-state index in [1.807, 2.05) is 67.6 Å². The summed E-state index contributed by atoms with van der Waals surface area (Å²) < 4.78 is 11.9. The highest BCUT2D eigenvalue weighted by Crippen LogP contribution is 2.26. The van der Waals surface area contributed by atoms with Crippen molar-refractivity contribution in [2.75, 3.05) is 11.9 Å². The molecule has 5 nitrogen and oxygen atoms in total. The number of aryl methyl sites for hydroxylation is 1.